The van der Waals surface area contributed by atoms with Crippen LogP contribution in [-0.2, 0) is 16.1 Å². The zero-order valence-electron chi connectivity index (χ0n) is 14.2. The van der Waals surface area contributed by atoms with Gasteiger partial charge in [-0.3, -0.25) is 9.59 Å². The maximum absolute atomic E-state index is 13.8. The summed E-state index contributed by atoms with van der Waals surface area (Å²) in [7, 11) is 1.73. The Morgan fingerprint density at radius 1 is 1.38 bits per heavy atom. The average Bonchev–Trinajstić information content (AvgIpc) is 2.53. The lowest BCUT2D eigenvalue weighted by molar-refractivity contribution is -0.138. The minimum atomic E-state index is -0.552. The smallest absolute Gasteiger partial charge is 0.242 e. The van der Waals surface area contributed by atoms with E-state index < -0.39 is 5.82 Å². The molecule has 0 aliphatic rings. The number of hydrogen-bond donors (Lipinski definition) is 1. The molecule has 0 atom stereocenters. The first-order valence-corrected chi connectivity index (χ1v) is 7.96. The van der Waals surface area contributed by atoms with Gasteiger partial charge in [0, 0.05) is 25.2 Å². The van der Waals surface area contributed by atoms with Gasteiger partial charge in [0.25, 0.3) is 0 Å². The maximum atomic E-state index is 13.8. The SMILES string of the molecule is C=CN(C)CC(=O)N(CC(=O)NCc1cccc(Cl)c1F)C(C)C. The van der Waals surface area contributed by atoms with Crippen LogP contribution in [0.2, 0.25) is 5.02 Å². The molecule has 0 heterocycles. The molecule has 0 radical (unpaired) electrons. The van der Waals surface area contributed by atoms with Crippen molar-refractivity contribution in [2.45, 2.75) is 26.4 Å². The van der Waals surface area contributed by atoms with Gasteiger partial charge in [-0.1, -0.05) is 30.3 Å². The van der Waals surface area contributed by atoms with Crippen LogP contribution in [0.25, 0.3) is 0 Å². The minimum absolute atomic E-state index is 0.00759. The zero-order valence-corrected chi connectivity index (χ0v) is 14.9. The summed E-state index contributed by atoms with van der Waals surface area (Å²) in [6, 6.07) is 4.47. The van der Waals surface area contributed by atoms with Crippen LogP contribution in [-0.4, -0.2) is 47.8 Å². The third-order valence-electron chi connectivity index (χ3n) is 3.46. The zero-order chi connectivity index (χ0) is 18.3. The predicted octanol–water partition coefficient (Wildman–Crippen LogP) is 2.41. The molecule has 0 aromatic heterocycles. The van der Waals surface area contributed by atoms with Gasteiger partial charge < -0.3 is 15.1 Å². The van der Waals surface area contributed by atoms with Crippen LogP contribution in [0.3, 0.4) is 0 Å². The van der Waals surface area contributed by atoms with Crippen LogP contribution in [0.5, 0.6) is 0 Å². The Bertz CT molecular complexity index is 607. The van der Waals surface area contributed by atoms with Crippen molar-refractivity contribution in [1.82, 2.24) is 15.1 Å². The van der Waals surface area contributed by atoms with Gasteiger partial charge in [0.1, 0.15) is 5.82 Å². The van der Waals surface area contributed by atoms with Crippen molar-refractivity contribution < 1.29 is 14.0 Å². The van der Waals surface area contributed by atoms with E-state index in [0.29, 0.717) is 5.56 Å². The van der Waals surface area contributed by atoms with E-state index in [4.69, 9.17) is 11.6 Å². The Morgan fingerprint density at radius 3 is 2.62 bits per heavy atom. The highest BCUT2D eigenvalue weighted by Gasteiger charge is 2.20. The fourth-order valence-corrected chi connectivity index (χ4v) is 2.21. The Hall–Kier alpha value is -2.08. The Kier molecular flexibility index (Phi) is 7.71. The number of hydrogen-bond acceptors (Lipinski definition) is 3. The van der Waals surface area contributed by atoms with Gasteiger partial charge in [0.2, 0.25) is 11.8 Å². The molecule has 0 unspecified atom stereocenters. The summed E-state index contributed by atoms with van der Waals surface area (Å²) in [5.74, 6) is -1.10. The van der Waals surface area contributed by atoms with Crippen molar-refractivity contribution >= 4 is 23.4 Å². The summed E-state index contributed by atoms with van der Waals surface area (Å²) in [6.07, 6.45) is 1.54. The van der Waals surface area contributed by atoms with Crippen molar-refractivity contribution in [3.63, 3.8) is 0 Å². The topological polar surface area (TPSA) is 52.7 Å². The van der Waals surface area contributed by atoms with Crippen molar-refractivity contribution in [2.75, 3.05) is 20.1 Å². The first kappa shape index (κ1) is 20.0. The highest BCUT2D eigenvalue weighted by molar-refractivity contribution is 6.30. The van der Waals surface area contributed by atoms with E-state index in [1.807, 2.05) is 13.8 Å². The third-order valence-corrected chi connectivity index (χ3v) is 3.75. The largest absolute Gasteiger partial charge is 0.372 e. The minimum Gasteiger partial charge on any atom is -0.372 e. The van der Waals surface area contributed by atoms with Crippen LogP contribution in [0, 0.1) is 5.82 Å². The number of carbonyl (C=O) groups is 2. The first-order valence-electron chi connectivity index (χ1n) is 7.58. The summed E-state index contributed by atoms with van der Waals surface area (Å²) >= 11 is 5.71. The van der Waals surface area contributed by atoms with Crippen molar-refractivity contribution in [2.24, 2.45) is 0 Å². The molecule has 0 saturated heterocycles. The summed E-state index contributed by atoms with van der Waals surface area (Å²) in [5.41, 5.74) is 0.296. The van der Waals surface area contributed by atoms with Gasteiger partial charge in [-0.15, -0.1) is 0 Å². The van der Waals surface area contributed by atoms with E-state index in [2.05, 4.69) is 11.9 Å². The van der Waals surface area contributed by atoms with Gasteiger partial charge in [-0.05, 0) is 26.1 Å². The lowest BCUT2D eigenvalue weighted by Crippen LogP contribution is -2.47. The van der Waals surface area contributed by atoms with Crippen LogP contribution < -0.4 is 5.32 Å². The number of benzene rings is 1. The summed E-state index contributed by atoms with van der Waals surface area (Å²) < 4.78 is 13.8. The molecule has 0 bridgehead atoms. The summed E-state index contributed by atoms with van der Waals surface area (Å²) in [5, 5.41) is 2.62. The number of halogens is 2. The van der Waals surface area contributed by atoms with E-state index >= 15 is 0 Å². The fourth-order valence-electron chi connectivity index (χ4n) is 2.02. The standard InChI is InChI=1S/C17H23ClFN3O2/c1-5-21(4)11-16(24)22(12(2)3)10-15(23)20-9-13-7-6-8-14(18)17(13)19/h5-8,12H,1,9-11H2,2-4H3,(H,20,23). The van der Waals surface area contributed by atoms with Crippen molar-refractivity contribution in [1.29, 1.82) is 0 Å². The monoisotopic (exact) mass is 355 g/mol. The summed E-state index contributed by atoms with van der Waals surface area (Å²) in [6.45, 7) is 7.30. The molecule has 1 rings (SSSR count). The highest BCUT2D eigenvalue weighted by Crippen LogP contribution is 2.17. The van der Waals surface area contributed by atoms with Crippen LogP contribution in [0.4, 0.5) is 4.39 Å². The molecule has 0 aliphatic carbocycles. The normalized spacial score (nSPS) is 10.4. The number of carbonyl (C=O) groups excluding carboxylic acids is 2. The third kappa shape index (κ3) is 5.85. The molecule has 5 nitrogen and oxygen atoms in total. The molecule has 2 amide bonds. The number of nitrogens with zero attached hydrogens (tertiary/aromatic N) is 2. The number of rotatable bonds is 8. The van der Waals surface area contributed by atoms with E-state index in [1.54, 1.807) is 30.3 Å². The van der Waals surface area contributed by atoms with Crippen molar-refractivity contribution in [3.8, 4) is 0 Å². The molecule has 7 heteroatoms. The fraction of sp³-hybridized carbons (Fsp3) is 0.412. The molecular weight excluding hydrogens is 333 g/mol. The number of nitrogens with one attached hydrogen (secondary N) is 1. The van der Waals surface area contributed by atoms with Gasteiger partial charge in [0.15, 0.2) is 0 Å². The van der Waals surface area contributed by atoms with E-state index in [1.165, 1.54) is 11.0 Å². The van der Waals surface area contributed by atoms with Gasteiger partial charge in [0.05, 0.1) is 18.1 Å². The number of amides is 2. The average molecular weight is 356 g/mol. The second-order valence-corrected chi connectivity index (χ2v) is 6.11. The molecule has 1 N–H and O–H groups in total. The highest BCUT2D eigenvalue weighted by atomic mass is 35.5. The Balaban J connectivity index is 2.64. The Morgan fingerprint density at radius 2 is 2.04 bits per heavy atom. The second kappa shape index (κ2) is 9.27. The van der Waals surface area contributed by atoms with Gasteiger partial charge in [-0.25, -0.2) is 4.39 Å². The van der Waals surface area contributed by atoms with E-state index in [-0.39, 0.29) is 42.5 Å². The van der Waals surface area contributed by atoms with Gasteiger partial charge in [-0.2, -0.15) is 0 Å². The molecule has 0 aliphatic heterocycles. The first-order chi connectivity index (χ1) is 11.3. The van der Waals surface area contributed by atoms with Crippen LogP contribution in [0.15, 0.2) is 31.0 Å². The molecule has 0 saturated carbocycles. The van der Waals surface area contributed by atoms with Crippen molar-refractivity contribution in [3.05, 3.63) is 47.4 Å². The molecule has 0 spiro atoms. The molecule has 24 heavy (non-hydrogen) atoms. The molecule has 1 aromatic rings. The lowest BCUT2D eigenvalue weighted by atomic mass is 10.2. The lowest BCUT2D eigenvalue weighted by Gasteiger charge is -2.28. The molecule has 132 valence electrons. The quantitative estimate of drug-likeness (QED) is 0.779. The Labute approximate surface area is 147 Å². The maximum Gasteiger partial charge on any atom is 0.242 e. The van der Waals surface area contributed by atoms with Crippen LogP contribution >= 0.6 is 11.6 Å². The molecule has 0 fully saturated rings. The molecular formula is C17H23ClFN3O2. The van der Waals surface area contributed by atoms with E-state index in [0.717, 1.165) is 0 Å². The summed E-state index contributed by atoms with van der Waals surface area (Å²) in [4.78, 5) is 27.4. The van der Waals surface area contributed by atoms with Gasteiger partial charge >= 0.3 is 0 Å². The molecule has 1 aromatic carbocycles. The number of likely N-dealkylation sites (N-methyl/N-ethyl adjacent to an activating group) is 1. The second-order valence-electron chi connectivity index (χ2n) is 5.70. The van der Waals surface area contributed by atoms with Crippen LogP contribution in [0.1, 0.15) is 19.4 Å². The predicted molar refractivity (Wildman–Crippen MR) is 92.9 cm³/mol. The van der Waals surface area contributed by atoms with E-state index in [9.17, 15) is 14.0 Å².